The average molecular weight is 357 g/mol. The Hall–Kier alpha value is -2.61. The second-order valence-corrected chi connectivity index (χ2v) is 6.92. The molecule has 0 spiro atoms. The first-order chi connectivity index (χ1) is 12.7. The third kappa shape index (κ3) is 3.12. The number of hydrogen-bond acceptors (Lipinski definition) is 4. The van der Waals surface area contributed by atoms with Crippen molar-refractivity contribution >= 4 is 17.6 Å². The Balaban J connectivity index is 1.54. The third-order valence-corrected chi connectivity index (χ3v) is 5.11. The number of nitrogens with one attached hydrogen (secondary N) is 3. The Morgan fingerprint density at radius 1 is 1.38 bits per heavy atom. The first-order valence-electron chi connectivity index (χ1n) is 9.03. The highest BCUT2D eigenvalue weighted by molar-refractivity contribution is 5.96. The molecule has 26 heavy (non-hydrogen) atoms. The van der Waals surface area contributed by atoms with Crippen molar-refractivity contribution in [2.75, 3.05) is 19.0 Å². The third-order valence-electron chi connectivity index (χ3n) is 5.11. The molecule has 3 N–H and O–H groups in total. The number of amides is 2. The van der Waals surface area contributed by atoms with Crippen molar-refractivity contribution in [2.24, 2.45) is 0 Å². The molecule has 1 saturated carbocycles. The first-order valence-corrected chi connectivity index (χ1v) is 9.03. The Bertz CT molecular complexity index is 832. The number of carbonyl (C=O) groups excluding carboxylic acids is 2. The molecule has 2 amide bonds. The van der Waals surface area contributed by atoms with E-state index < -0.39 is 0 Å². The molecule has 138 valence electrons. The maximum atomic E-state index is 12.5. The molecule has 0 aromatic carbocycles. The number of rotatable bonds is 5. The van der Waals surface area contributed by atoms with Crippen molar-refractivity contribution < 1.29 is 14.3 Å². The van der Waals surface area contributed by atoms with Crippen LogP contribution in [0.1, 0.15) is 41.6 Å². The standard InChI is InChI=1S/C18H23N5O3/c1-26-10-15(24)20-17-13-6-7-23-9-11(8-14(23)16(13)21-22-17)18(25)19-12-4-2-3-5-12/h8-9,12H,2-7,10H2,1H3,(H,19,25)(H2,20,21,22,24). The molecule has 3 heterocycles. The average Bonchev–Trinajstić information content (AvgIpc) is 3.33. The van der Waals surface area contributed by atoms with E-state index in [4.69, 9.17) is 4.74 Å². The van der Waals surface area contributed by atoms with Crippen LogP contribution in [0.3, 0.4) is 0 Å². The molecule has 1 fully saturated rings. The Morgan fingerprint density at radius 2 is 2.19 bits per heavy atom. The van der Waals surface area contributed by atoms with Gasteiger partial charge in [0.1, 0.15) is 6.61 Å². The van der Waals surface area contributed by atoms with Gasteiger partial charge in [0.2, 0.25) is 0 Å². The van der Waals surface area contributed by atoms with Gasteiger partial charge in [0.15, 0.2) is 5.82 Å². The van der Waals surface area contributed by atoms with Crippen LogP contribution in [0.2, 0.25) is 0 Å². The molecule has 4 rings (SSSR count). The molecule has 2 aromatic heterocycles. The fourth-order valence-electron chi connectivity index (χ4n) is 3.82. The molecular formula is C18H23N5O3. The number of fused-ring (bicyclic) bond motifs is 3. The number of anilines is 1. The summed E-state index contributed by atoms with van der Waals surface area (Å²) in [5.74, 6) is 0.277. The molecule has 8 heteroatoms. The van der Waals surface area contributed by atoms with Crippen molar-refractivity contribution in [3.8, 4) is 11.4 Å². The van der Waals surface area contributed by atoms with E-state index >= 15 is 0 Å². The SMILES string of the molecule is COCC(=O)Nc1n[nH]c2c1CCn1cc(C(=O)NC3CCCC3)cc1-2. The van der Waals surface area contributed by atoms with E-state index in [0.29, 0.717) is 17.4 Å². The van der Waals surface area contributed by atoms with Crippen LogP contribution in [0.15, 0.2) is 12.3 Å². The maximum absolute atomic E-state index is 12.5. The van der Waals surface area contributed by atoms with Gasteiger partial charge in [-0.2, -0.15) is 5.10 Å². The molecule has 1 aliphatic carbocycles. The van der Waals surface area contributed by atoms with Gasteiger partial charge in [0.05, 0.1) is 17.0 Å². The van der Waals surface area contributed by atoms with E-state index in [1.165, 1.54) is 20.0 Å². The molecule has 8 nitrogen and oxygen atoms in total. The van der Waals surface area contributed by atoms with Gasteiger partial charge >= 0.3 is 0 Å². The fraction of sp³-hybridized carbons (Fsp3) is 0.500. The van der Waals surface area contributed by atoms with E-state index in [2.05, 4.69) is 25.4 Å². The number of methoxy groups -OCH3 is 1. The van der Waals surface area contributed by atoms with E-state index in [9.17, 15) is 9.59 Å². The molecule has 0 unspecified atom stereocenters. The van der Waals surface area contributed by atoms with E-state index in [0.717, 1.165) is 42.8 Å². The maximum Gasteiger partial charge on any atom is 0.253 e. The zero-order valence-corrected chi connectivity index (χ0v) is 14.8. The first kappa shape index (κ1) is 16.8. The minimum absolute atomic E-state index is 0.0104. The summed E-state index contributed by atoms with van der Waals surface area (Å²) in [7, 11) is 1.48. The lowest BCUT2D eigenvalue weighted by Crippen LogP contribution is -2.32. The monoisotopic (exact) mass is 357 g/mol. The number of aryl methyl sites for hydroxylation is 1. The van der Waals surface area contributed by atoms with Crippen LogP contribution in [-0.4, -0.2) is 46.3 Å². The van der Waals surface area contributed by atoms with Crippen molar-refractivity contribution in [3.05, 3.63) is 23.4 Å². The minimum atomic E-state index is -0.237. The molecule has 0 saturated heterocycles. The highest BCUT2D eigenvalue weighted by Gasteiger charge is 2.26. The number of H-pyrrole nitrogens is 1. The van der Waals surface area contributed by atoms with Crippen LogP contribution in [0, 0.1) is 0 Å². The summed E-state index contributed by atoms with van der Waals surface area (Å²) in [4.78, 5) is 24.3. The number of ether oxygens (including phenoxy) is 1. The normalized spacial score (nSPS) is 16.2. The second-order valence-electron chi connectivity index (χ2n) is 6.92. The smallest absolute Gasteiger partial charge is 0.253 e. The predicted molar refractivity (Wildman–Crippen MR) is 95.9 cm³/mol. The Kier molecular flexibility index (Phi) is 4.50. The zero-order chi connectivity index (χ0) is 18.1. The van der Waals surface area contributed by atoms with Gasteiger partial charge in [-0.15, -0.1) is 0 Å². The predicted octanol–water partition coefficient (Wildman–Crippen LogP) is 1.69. The van der Waals surface area contributed by atoms with E-state index in [1.54, 1.807) is 0 Å². The molecule has 1 aliphatic heterocycles. The zero-order valence-electron chi connectivity index (χ0n) is 14.8. The van der Waals surface area contributed by atoms with Crippen molar-refractivity contribution in [1.82, 2.24) is 20.1 Å². The number of nitrogens with zero attached hydrogens (tertiary/aromatic N) is 2. The number of hydrogen-bond donors (Lipinski definition) is 3. The number of aromatic amines is 1. The summed E-state index contributed by atoms with van der Waals surface area (Å²) < 4.78 is 6.90. The summed E-state index contributed by atoms with van der Waals surface area (Å²) >= 11 is 0. The quantitative estimate of drug-likeness (QED) is 0.758. The van der Waals surface area contributed by atoms with Crippen molar-refractivity contribution in [3.63, 3.8) is 0 Å². The van der Waals surface area contributed by atoms with Crippen molar-refractivity contribution in [1.29, 1.82) is 0 Å². The van der Waals surface area contributed by atoms with E-state index in [1.807, 2.05) is 12.3 Å². The largest absolute Gasteiger partial charge is 0.375 e. The van der Waals surface area contributed by atoms with E-state index in [-0.39, 0.29) is 18.4 Å². The van der Waals surface area contributed by atoms with Gasteiger partial charge in [-0.3, -0.25) is 14.7 Å². The van der Waals surface area contributed by atoms with Gasteiger partial charge in [-0.1, -0.05) is 12.8 Å². The molecule has 0 bridgehead atoms. The molecule has 0 atom stereocenters. The summed E-state index contributed by atoms with van der Waals surface area (Å²) in [5.41, 5.74) is 3.40. The number of carbonyl (C=O) groups is 2. The second kappa shape index (κ2) is 6.95. The summed E-state index contributed by atoms with van der Waals surface area (Å²) in [6.45, 7) is 0.731. The minimum Gasteiger partial charge on any atom is -0.375 e. The number of aromatic nitrogens is 3. The molecule has 2 aromatic rings. The van der Waals surface area contributed by atoms with Crippen LogP contribution in [0.5, 0.6) is 0 Å². The van der Waals surface area contributed by atoms with Gasteiger partial charge in [0, 0.05) is 31.5 Å². The molecule has 0 radical (unpaired) electrons. The highest BCUT2D eigenvalue weighted by atomic mass is 16.5. The molecule has 2 aliphatic rings. The topological polar surface area (TPSA) is 101 Å². The Morgan fingerprint density at radius 3 is 2.96 bits per heavy atom. The lowest BCUT2D eigenvalue weighted by Gasteiger charge is -2.15. The lowest BCUT2D eigenvalue weighted by atomic mass is 10.1. The van der Waals surface area contributed by atoms with Gasteiger partial charge < -0.3 is 19.9 Å². The molecular weight excluding hydrogens is 334 g/mol. The van der Waals surface area contributed by atoms with Crippen LogP contribution in [-0.2, 0) is 22.5 Å². The van der Waals surface area contributed by atoms with Gasteiger partial charge in [-0.05, 0) is 25.3 Å². The van der Waals surface area contributed by atoms with Gasteiger partial charge in [-0.25, -0.2) is 0 Å². The van der Waals surface area contributed by atoms with Crippen LogP contribution >= 0.6 is 0 Å². The fourth-order valence-corrected chi connectivity index (χ4v) is 3.82. The Labute approximate surface area is 151 Å². The highest BCUT2D eigenvalue weighted by Crippen LogP contribution is 2.33. The van der Waals surface area contributed by atoms with Crippen LogP contribution in [0.4, 0.5) is 5.82 Å². The van der Waals surface area contributed by atoms with Crippen molar-refractivity contribution in [2.45, 2.75) is 44.7 Å². The lowest BCUT2D eigenvalue weighted by molar-refractivity contribution is -0.119. The summed E-state index contributed by atoms with van der Waals surface area (Å²) in [6.07, 6.45) is 7.13. The van der Waals surface area contributed by atoms with Gasteiger partial charge in [0.25, 0.3) is 11.8 Å². The summed E-state index contributed by atoms with van der Waals surface area (Å²) in [5, 5.41) is 13.1. The van der Waals surface area contributed by atoms with Crippen LogP contribution < -0.4 is 10.6 Å². The summed E-state index contributed by atoms with van der Waals surface area (Å²) in [6, 6.07) is 2.19. The van der Waals surface area contributed by atoms with Crippen LogP contribution in [0.25, 0.3) is 11.4 Å².